The molecule has 3 heterocycles. The summed E-state index contributed by atoms with van der Waals surface area (Å²) in [6.07, 6.45) is 1.71. The number of thiazole rings is 1. The fourth-order valence-corrected chi connectivity index (χ4v) is 5.02. The quantitative estimate of drug-likeness (QED) is 0.724. The topological polar surface area (TPSA) is 87.2 Å². The zero-order valence-electron chi connectivity index (χ0n) is 13.3. The summed E-state index contributed by atoms with van der Waals surface area (Å²) < 4.78 is 28.7. The van der Waals surface area contributed by atoms with Gasteiger partial charge >= 0.3 is 0 Å². The summed E-state index contributed by atoms with van der Waals surface area (Å²) in [5.74, 6) is 0.747. The van der Waals surface area contributed by atoms with E-state index >= 15 is 0 Å². The zero-order valence-corrected chi connectivity index (χ0v) is 15.0. The first-order valence-electron chi connectivity index (χ1n) is 7.92. The van der Waals surface area contributed by atoms with Crippen molar-refractivity contribution in [1.82, 2.24) is 15.3 Å². The van der Waals surface area contributed by atoms with E-state index in [4.69, 9.17) is 0 Å². The summed E-state index contributed by atoms with van der Waals surface area (Å²) in [5, 5.41) is 3.30. The normalized spacial score (nSPS) is 15.4. The van der Waals surface area contributed by atoms with Crippen LogP contribution < -0.4 is 14.9 Å². The molecule has 1 fully saturated rings. The van der Waals surface area contributed by atoms with Crippen LogP contribution in [-0.4, -0.2) is 44.6 Å². The fourth-order valence-electron chi connectivity index (χ4n) is 2.75. The number of hydrogen-bond acceptors (Lipinski definition) is 7. The SMILES string of the molecule is O=S(=O)(Nc1ccccc1)c1nc2c(N3CCNCC3)nccc2s1. The molecule has 0 aliphatic carbocycles. The fraction of sp³-hybridized carbons (Fsp3) is 0.250. The summed E-state index contributed by atoms with van der Waals surface area (Å²) in [6.45, 7) is 3.41. The van der Waals surface area contributed by atoms with Crippen LogP contribution in [-0.2, 0) is 10.0 Å². The van der Waals surface area contributed by atoms with Crippen LogP contribution in [0.5, 0.6) is 0 Å². The van der Waals surface area contributed by atoms with Crippen LogP contribution in [0.1, 0.15) is 0 Å². The number of rotatable bonds is 4. The summed E-state index contributed by atoms with van der Waals surface area (Å²) in [4.78, 5) is 11.0. The Bertz CT molecular complexity index is 982. The molecule has 1 aromatic carbocycles. The number of sulfonamides is 1. The number of anilines is 2. The Morgan fingerprint density at radius 2 is 1.88 bits per heavy atom. The maximum absolute atomic E-state index is 12.7. The van der Waals surface area contributed by atoms with Gasteiger partial charge in [-0.15, -0.1) is 11.3 Å². The van der Waals surface area contributed by atoms with Gasteiger partial charge in [-0.05, 0) is 18.2 Å². The second-order valence-electron chi connectivity index (χ2n) is 5.67. The van der Waals surface area contributed by atoms with Crippen molar-refractivity contribution >= 4 is 43.1 Å². The Balaban J connectivity index is 1.71. The lowest BCUT2D eigenvalue weighted by molar-refractivity contribution is 0.586. The van der Waals surface area contributed by atoms with E-state index < -0.39 is 10.0 Å². The van der Waals surface area contributed by atoms with Crippen molar-refractivity contribution in [3.8, 4) is 0 Å². The van der Waals surface area contributed by atoms with Crippen molar-refractivity contribution in [3.05, 3.63) is 42.6 Å². The lowest BCUT2D eigenvalue weighted by Gasteiger charge is -2.28. The smallest absolute Gasteiger partial charge is 0.289 e. The Hall–Kier alpha value is -2.23. The third-order valence-electron chi connectivity index (χ3n) is 3.94. The highest BCUT2D eigenvalue weighted by Crippen LogP contribution is 2.31. The maximum Gasteiger partial charge on any atom is 0.289 e. The van der Waals surface area contributed by atoms with Crippen molar-refractivity contribution in [2.45, 2.75) is 4.34 Å². The van der Waals surface area contributed by atoms with Crippen molar-refractivity contribution in [1.29, 1.82) is 0 Å². The van der Waals surface area contributed by atoms with E-state index in [-0.39, 0.29) is 4.34 Å². The number of nitrogens with zero attached hydrogens (tertiary/aromatic N) is 3. The minimum absolute atomic E-state index is 0.0516. The molecule has 0 saturated carbocycles. The molecule has 0 unspecified atom stereocenters. The molecule has 1 saturated heterocycles. The Morgan fingerprint density at radius 3 is 2.64 bits per heavy atom. The van der Waals surface area contributed by atoms with Crippen LogP contribution in [0.4, 0.5) is 11.5 Å². The highest BCUT2D eigenvalue weighted by atomic mass is 32.2. The van der Waals surface area contributed by atoms with E-state index in [0.29, 0.717) is 11.2 Å². The molecular weight excluding hydrogens is 358 g/mol. The number of pyridine rings is 1. The molecule has 9 heteroatoms. The maximum atomic E-state index is 12.7. The minimum Gasteiger partial charge on any atom is -0.352 e. The molecule has 1 aliphatic heterocycles. The molecule has 0 spiro atoms. The lowest BCUT2D eigenvalue weighted by Crippen LogP contribution is -2.44. The van der Waals surface area contributed by atoms with Gasteiger partial charge in [-0.25, -0.2) is 9.97 Å². The molecule has 7 nitrogen and oxygen atoms in total. The largest absolute Gasteiger partial charge is 0.352 e. The highest BCUT2D eigenvalue weighted by Gasteiger charge is 2.23. The summed E-state index contributed by atoms with van der Waals surface area (Å²) in [5.41, 5.74) is 1.16. The molecule has 2 aromatic heterocycles. The monoisotopic (exact) mass is 375 g/mol. The predicted molar refractivity (Wildman–Crippen MR) is 99.7 cm³/mol. The highest BCUT2D eigenvalue weighted by molar-refractivity contribution is 7.94. The number of piperazine rings is 1. The summed E-state index contributed by atoms with van der Waals surface area (Å²) >= 11 is 1.16. The molecule has 0 bridgehead atoms. The van der Waals surface area contributed by atoms with Crippen LogP contribution in [0, 0.1) is 0 Å². The van der Waals surface area contributed by atoms with E-state index in [1.165, 1.54) is 0 Å². The Labute approximate surface area is 149 Å². The molecular formula is C16H17N5O2S2. The van der Waals surface area contributed by atoms with Crippen LogP contribution in [0.25, 0.3) is 10.2 Å². The first-order valence-corrected chi connectivity index (χ1v) is 10.2. The van der Waals surface area contributed by atoms with Gasteiger partial charge in [0, 0.05) is 38.1 Å². The van der Waals surface area contributed by atoms with Crippen LogP contribution in [0.2, 0.25) is 0 Å². The number of nitrogens with one attached hydrogen (secondary N) is 2. The predicted octanol–water partition coefficient (Wildman–Crippen LogP) is 1.90. The number of fused-ring (bicyclic) bond motifs is 1. The van der Waals surface area contributed by atoms with E-state index in [1.807, 2.05) is 6.07 Å². The first kappa shape index (κ1) is 16.2. The van der Waals surface area contributed by atoms with Gasteiger partial charge in [-0.2, -0.15) is 8.42 Å². The van der Waals surface area contributed by atoms with E-state index in [9.17, 15) is 8.42 Å². The molecule has 3 aromatic rings. The third-order valence-corrected chi connectivity index (χ3v) is 6.72. The standard InChI is InChI=1S/C16H17N5O2S2/c22-25(23,20-12-4-2-1-3-5-12)16-19-14-13(24-16)6-7-18-15(14)21-10-8-17-9-11-21/h1-7,17,20H,8-11H2. The van der Waals surface area contributed by atoms with Crippen LogP contribution in [0.3, 0.4) is 0 Å². The molecule has 130 valence electrons. The molecule has 0 radical (unpaired) electrons. The molecule has 0 amide bonds. The number of aromatic nitrogens is 2. The van der Waals surface area contributed by atoms with Gasteiger partial charge in [0.2, 0.25) is 4.34 Å². The molecule has 1 aliphatic rings. The summed E-state index contributed by atoms with van der Waals surface area (Å²) in [6, 6.07) is 10.6. The first-order chi connectivity index (χ1) is 12.1. The average Bonchev–Trinajstić information content (AvgIpc) is 3.08. The van der Waals surface area contributed by atoms with Gasteiger partial charge in [0.05, 0.1) is 4.70 Å². The van der Waals surface area contributed by atoms with Gasteiger partial charge in [0.1, 0.15) is 5.52 Å². The minimum atomic E-state index is -3.72. The van der Waals surface area contributed by atoms with E-state index in [2.05, 4.69) is 24.9 Å². The van der Waals surface area contributed by atoms with Gasteiger partial charge in [-0.3, -0.25) is 4.72 Å². The Morgan fingerprint density at radius 1 is 1.12 bits per heavy atom. The second-order valence-corrected chi connectivity index (χ2v) is 8.56. The Kier molecular flexibility index (Phi) is 4.28. The van der Waals surface area contributed by atoms with Gasteiger partial charge in [0.25, 0.3) is 10.0 Å². The molecule has 25 heavy (non-hydrogen) atoms. The number of para-hydroxylation sites is 1. The van der Waals surface area contributed by atoms with Gasteiger partial charge in [-0.1, -0.05) is 18.2 Å². The number of benzene rings is 1. The van der Waals surface area contributed by atoms with Crippen molar-refractivity contribution in [3.63, 3.8) is 0 Å². The van der Waals surface area contributed by atoms with Crippen molar-refractivity contribution in [2.24, 2.45) is 0 Å². The molecule has 4 rings (SSSR count). The summed E-state index contributed by atoms with van der Waals surface area (Å²) in [7, 11) is -3.72. The molecule has 0 atom stereocenters. The molecule has 2 N–H and O–H groups in total. The third kappa shape index (κ3) is 3.30. The van der Waals surface area contributed by atoms with Gasteiger partial charge in [0.15, 0.2) is 5.82 Å². The van der Waals surface area contributed by atoms with E-state index in [0.717, 1.165) is 48.0 Å². The number of hydrogen-bond donors (Lipinski definition) is 2. The van der Waals surface area contributed by atoms with Crippen LogP contribution in [0.15, 0.2) is 46.9 Å². The second kappa shape index (κ2) is 6.58. The van der Waals surface area contributed by atoms with Crippen molar-refractivity contribution in [2.75, 3.05) is 35.8 Å². The lowest BCUT2D eigenvalue weighted by atomic mass is 10.3. The zero-order chi connectivity index (χ0) is 17.3. The van der Waals surface area contributed by atoms with Crippen molar-refractivity contribution < 1.29 is 8.42 Å². The van der Waals surface area contributed by atoms with Gasteiger partial charge < -0.3 is 10.2 Å². The average molecular weight is 375 g/mol. The van der Waals surface area contributed by atoms with E-state index in [1.54, 1.807) is 36.5 Å². The van der Waals surface area contributed by atoms with Crippen LogP contribution >= 0.6 is 11.3 Å².